The molecule has 0 unspecified atom stereocenters. The Hall–Kier alpha value is -5.68. The molecule has 3 aromatic rings. The highest BCUT2D eigenvalue weighted by Gasteiger charge is 2.57. The lowest BCUT2D eigenvalue weighted by molar-refractivity contribution is -0.239. The van der Waals surface area contributed by atoms with E-state index in [4.69, 9.17) is 42.6 Å². The van der Waals surface area contributed by atoms with E-state index in [-0.39, 0.29) is 16.7 Å². The van der Waals surface area contributed by atoms with Crippen LogP contribution in [-0.4, -0.2) is 109 Å². The zero-order chi connectivity index (χ0) is 43.8. The number of carbonyl (C=O) groups is 6. The van der Waals surface area contributed by atoms with Crippen LogP contribution in [-0.2, 0) is 57.0 Å². The minimum atomic E-state index is -1.86. The summed E-state index contributed by atoms with van der Waals surface area (Å²) < 4.78 is 53.0. The molecule has 322 valence electrons. The van der Waals surface area contributed by atoms with Crippen LogP contribution in [0.25, 0.3) is 0 Å². The molecule has 1 N–H and O–H groups in total. The van der Waals surface area contributed by atoms with E-state index < -0.39 is 115 Å². The van der Waals surface area contributed by atoms with Crippen LogP contribution in [0.1, 0.15) is 79.5 Å². The predicted octanol–water partition coefficient (Wildman–Crippen LogP) is 4.60. The van der Waals surface area contributed by atoms with E-state index in [0.29, 0.717) is 0 Å². The predicted molar refractivity (Wildman–Crippen MR) is 208 cm³/mol. The molecule has 60 heavy (non-hydrogen) atoms. The number of carbonyl (C=O) groups excluding carboxylic acids is 6. The van der Waals surface area contributed by atoms with Gasteiger partial charge in [-0.15, -0.1) is 0 Å². The minimum absolute atomic E-state index is 0.111. The van der Waals surface area contributed by atoms with Crippen LogP contribution >= 0.6 is 0 Å². The van der Waals surface area contributed by atoms with Gasteiger partial charge >= 0.3 is 35.8 Å². The van der Waals surface area contributed by atoms with Crippen LogP contribution in [0.15, 0.2) is 91.0 Å². The van der Waals surface area contributed by atoms with Crippen LogP contribution < -0.4 is 0 Å². The van der Waals surface area contributed by atoms with Crippen molar-refractivity contribution in [2.75, 3.05) is 13.2 Å². The Bertz CT molecular complexity index is 1960. The molecule has 9 atom stereocenters. The average molecular weight is 835 g/mol. The summed E-state index contributed by atoms with van der Waals surface area (Å²) >= 11 is 0. The van der Waals surface area contributed by atoms with E-state index >= 15 is 0 Å². The number of hydrogen-bond acceptors (Lipinski definition) is 16. The van der Waals surface area contributed by atoms with Crippen molar-refractivity contribution in [2.45, 2.75) is 104 Å². The third-order valence-corrected chi connectivity index (χ3v) is 9.21. The Morgan fingerprint density at radius 1 is 0.583 bits per heavy atom. The van der Waals surface area contributed by atoms with Gasteiger partial charge in [-0.05, 0) is 77.9 Å². The molecule has 5 rings (SSSR count). The molecule has 3 aromatic carbocycles. The smallest absolute Gasteiger partial charge is 0.338 e. The van der Waals surface area contributed by atoms with Crippen molar-refractivity contribution in [1.29, 1.82) is 0 Å². The molecule has 2 aliphatic rings. The lowest BCUT2D eigenvalue weighted by Crippen LogP contribution is -2.50. The fourth-order valence-electron chi connectivity index (χ4n) is 6.02. The maximum Gasteiger partial charge on any atom is 0.338 e. The van der Waals surface area contributed by atoms with Gasteiger partial charge in [-0.25, -0.2) is 14.4 Å². The molecule has 0 aromatic heterocycles. The van der Waals surface area contributed by atoms with Gasteiger partial charge in [0, 0.05) is 6.92 Å². The summed E-state index contributed by atoms with van der Waals surface area (Å²) in [6, 6.07) is 23.9. The highest BCUT2D eigenvalue weighted by molar-refractivity contribution is 5.91. The van der Waals surface area contributed by atoms with Gasteiger partial charge in [0.15, 0.2) is 37.0 Å². The number of hydrogen-bond donors (Lipinski definition) is 1. The van der Waals surface area contributed by atoms with Crippen molar-refractivity contribution in [3.8, 4) is 0 Å². The first-order chi connectivity index (χ1) is 28.3. The fraction of sp³-hybridized carbons (Fsp3) is 0.455. The lowest BCUT2D eigenvalue weighted by Gasteiger charge is -2.32. The van der Waals surface area contributed by atoms with Crippen molar-refractivity contribution in [2.24, 2.45) is 10.8 Å². The summed E-state index contributed by atoms with van der Waals surface area (Å²) in [5, 5.41) is 11.1. The van der Waals surface area contributed by atoms with Crippen molar-refractivity contribution in [1.82, 2.24) is 0 Å². The average Bonchev–Trinajstić information content (AvgIpc) is 3.68. The molecule has 0 bridgehead atoms. The van der Waals surface area contributed by atoms with Crippen molar-refractivity contribution in [3.63, 3.8) is 0 Å². The Balaban J connectivity index is 1.55. The van der Waals surface area contributed by atoms with E-state index in [1.165, 1.54) is 36.4 Å². The molecular formula is C44H50O16. The molecule has 0 radical (unpaired) electrons. The second-order valence-corrected chi connectivity index (χ2v) is 16.2. The first kappa shape index (κ1) is 45.4. The Kier molecular flexibility index (Phi) is 14.8. The van der Waals surface area contributed by atoms with Gasteiger partial charge in [0.1, 0.15) is 31.5 Å². The Morgan fingerprint density at radius 2 is 1.07 bits per heavy atom. The van der Waals surface area contributed by atoms with E-state index in [2.05, 4.69) is 0 Å². The number of aliphatic hydroxyl groups is 1. The molecule has 0 aliphatic carbocycles. The van der Waals surface area contributed by atoms with Gasteiger partial charge in [0.05, 0.1) is 27.5 Å². The van der Waals surface area contributed by atoms with Crippen molar-refractivity contribution in [3.05, 3.63) is 108 Å². The van der Waals surface area contributed by atoms with Crippen LogP contribution in [0, 0.1) is 10.8 Å². The molecule has 0 amide bonds. The maximum absolute atomic E-state index is 13.7. The quantitative estimate of drug-likeness (QED) is 0.174. The first-order valence-corrected chi connectivity index (χ1v) is 19.3. The second-order valence-electron chi connectivity index (χ2n) is 16.2. The molecule has 2 aliphatic heterocycles. The van der Waals surface area contributed by atoms with E-state index in [1.807, 2.05) is 0 Å². The summed E-state index contributed by atoms with van der Waals surface area (Å²) in [5.74, 6) is -4.75. The maximum atomic E-state index is 13.7. The third-order valence-electron chi connectivity index (χ3n) is 9.21. The molecule has 16 nitrogen and oxygen atoms in total. The molecule has 16 heteroatoms. The van der Waals surface area contributed by atoms with Crippen LogP contribution in [0.2, 0.25) is 0 Å². The second kappa shape index (κ2) is 19.6. The van der Waals surface area contributed by atoms with E-state index in [9.17, 15) is 33.9 Å². The number of benzene rings is 3. The lowest BCUT2D eigenvalue weighted by atomic mass is 9.97. The van der Waals surface area contributed by atoms with Gasteiger partial charge in [-0.2, -0.15) is 0 Å². The Morgan fingerprint density at radius 3 is 1.55 bits per heavy atom. The molecule has 0 saturated carbocycles. The first-order valence-electron chi connectivity index (χ1n) is 19.3. The summed E-state index contributed by atoms with van der Waals surface area (Å²) in [6.07, 6.45) is -14.2. The largest absolute Gasteiger partial charge is 0.462 e. The van der Waals surface area contributed by atoms with Gasteiger partial charge in [-0.1, -0.05) is 54.6 Å². The number of aliphatic hydroxyl groups excluding tert-OH is 1. The molecule has 0 spiro atoms. The fourth-order valence-corrected chi connectivity index (χ4v) is 6.02. The summed E-state index contributed by atoms with van der Waals surface area (Å²) in [5.41, 5.74) is -1.60. The molecular weight excluding hydrogens is 784 g/mol. The standard InChI is InChI=1S/C44H50O16/c1-25(45)54-33-31(58-39(49)34(33)60-42(51)44(5,6)7)30(24-53-41(50)43(2,3)4)56-40-35(59-38(48)28-21-15-10-16-22-28)32(57-37(47)27-19-13-9-14-20-27)29(55-40)23-52-36(46)26-17-11-8-12-18-26/h8-22,29-35,39-40,49H,23-24H2,1-7H3/t29-,30-,31+,32-,33+,34-,35+,39+,40-/m1/s1. The summed E-state index contributed by atoms with van der Waals surface area (Å²) in [7, 11) is 0. The van der Waals surface area contributed by atoms with Crippen molar-refractivity contribution < 1.29 is 76.5 Å². The van der Waals surface area contributed by atoms with E-state index in [1.54, 1.807) is 96.1 Å². The van der Waals surface area contributed by atoms with Gasteiger partial charge in [0.25, 0.3) is 0 Å². The van der Waals surface area contributed by atoms with Gasteiger partial charge in [0.2, 0.25) is 0 Å². The van der Waals surface area contributed by atoms with Gasteiger partial charge < -0.3 is 47.7 Å². The Labute approximate surface area is 347 Å². The van der Waals surface area contributed by atoms with Gasteiger partial charge in [-0.3, -0.25) is 14.4 Å². The normalized spacial score (nSPS) is 24.4. The van der Waals surface area contributed by atoms with E-state index in [0.717, 1.165) is 6.92 Å². The number of esters is 6. The number of ether oxygens (including phenoxy) is 9. The minimum Gasteiger partial charge on any atom is -0.462 e. The topological polar surface area (TPSA) is 206 Å². The number of rotatable bonds is 14. The summed E-state index contributed by atoms with van der Waals surface area (Å²) in [4.78, 5) is 79.1. The molecule has 2 heterocycles. The van der Waals surface area contributed by atoms with Crippen molar-refractivity contribution >= 4 is 35.8 Å². The SMILES string of the molecule is CC(=O)O[C@@H]1[C@@H](OC(=O)C(C)(C)C)[C@@H](O)O[C@H]1[C@@H](COC(=O)C(C)(C)C)O[C@H]1O[C@H](COC(=O)c2ccccc2)[C@@H](OC(=O)c2ccccc2)[C@@H]1OC(=O)c1ccccc1. The third kappa shape index (κ3) is 11.7. The van der Waals surface area contributed by atoms with Crippen LogP contribution in [0.3, 0.4) is 0 Å². The highest BCUT2D eigenvalue weighted by Crippen LogP contribution is 2.36. The summed E-state index contributed by atoms with van der Waals surface area (Å²) in [6.45, 7) is 9.48. The van der Waals surface area contributed by atoms with Crippen LogP contribution in [0.4, 0.5) is 0 Å². The molecule has 2 saturated heterocycles. The zero-order valence-electron chi connectivity index (χ0n) is 34.3. The zero-order valence-corrected chi connectivity index (χ0v) is 34.3. The monoisotopic (exact) mass is 834 g/mol. The van der Waals surface area contributed by atoms with Crippen LogP contribution in [0.5, 0.6) is 0 Å². The highest BCUT2D eigenvalue weighted by atomic mass is 16.8. The molecule has 2 fully saturated rings.